The Kier molecular flexibility index (Phi) is 7.91. The monoisotopic (exact) mass is 556 g/mol. The lowest BCUT2D eigenvalue weighted by Gasteiger charge is -2.23. The van der Waals surface area contributed by atoms with E-state index in [1.54, 1.807) is 6.07 Å². The molecule has 0 spiro atoms. The summed E-state index contributed by atoms with van der Waals surface area (Å²) in [6.07, 6.45) is 13.7. The van der Waals surface area contributed by atoms with Gasteiger partial charge in [0, 0.05) is 33.2 Å². The maximum atomic E-state index is 14.7. The first kappa shape index (κ1) is 27.5. The van der Waals surface area contributed by atoms with Crippen molar-refractivity contribution < 1.29 is 4.39 Å². The Morgan fingerprint density at radius 1 is 0.976 bits per heavy atom. The fraction of sp³-hybridized carbons (Fsp3) is 0.216. The summed E-state index contributed by atoms with van der Waals surface area (Å²) in [4.78, 5) is 3.51. The van der Waals surface area contributed by atoms with Crippen molar-refractivity contribution in [1.29, 1.82) is 0 Å². The molecule has 0 atom stereocenters. The van der Waals surface area contributed by atoms with Crippen molar-refractivity contribution in [2.45, 2.75) is 45.4 Å². The number of nitrogens with one attached hydrogen (secondary N) is 3. The van der Waals surface area contributed by atoms with E-state index >= 15 is 0 Å². The van der Waals surface area contributed by atoms with Crippen LogP contribution in [0.25, 0.3) is 49.9 Å². The van der Waals surface area contributed by atoms with E-state index in [4.69, 9.17) is 0 Å². The van der Waals surface area contributed by atoms with Gasteiger partial charge >= 0.3 is 0 Å². The Bertz CT molecular complexity index is 1830. The molecule has 1 fully saturated rings. The molecule has 0 aliphatic heterocycles. The molecule has 0 saturated heterocycles. The molecule has 0 unspecified atom stereocenters. The van der Waals surface area contributed by atoms with Crippen LogP contribution in [0.4, 0.5) is 4.39 Å². The van der Waals surface area contributed by atoms with Gasteiger partial charge in [-0.1, -0.05) is 87.7 Å². The highest BCUT2D eigenvalue weighted by atomic mass is 19.1. The Balaban J connectivity index is 1.31. The zero-order chi connectivity index (χ0) is 29.1. The molecule has 3 aromatic carbocycles. The first-order valence-corrected chi connectivity index (χ1v) is 14.8. The van der Waals surface area contributed by atoms with Gasteiger partial charge in [0.25, 0.3) is 0 Å². The van der Waals surface area contributed by atoms with Crippen LogP contribution in [0, 0.1) is 11.7 Å². The molecule has 0 amide bonds. The van der Waals surface area contributed by atoms with Crippen LogP contribution in [-0.4, -0.2) is 15.2 Å². The lowest BCUT2D eigenvalue weighted by molar-refractivity contribution is 0.353. The summed E-state index contributed by atoms with van der Waals surface area (Å²) in [5, 5.41) is 13.3. The molecule has 5 heteroatoms. The largest absolute Gasteiger partial charge is 0.359 e. The van der Waals surface area contributed by atoms with Gasteiger partial charge in [-0.2, -0.15) is 5.10 Å². The van der Waals surface area contributed by atoms with Gasteiger partial charge in [-0.15, -0.1) is 0 Å². The number of hydrogen-bond acceptors (Lipinski definition) is 2. The summed E-state index contributed by atoms with van der Waals surface area (Å²) in [6, 6.07) is 21.2. The number of halogens is 1. The molecule has 0 radical (unpaired) electrons. The number of rotatable bonds is 9. The minimum atomic E-state index is -0.236. The fourth-order valence-corrected chi connectivity index (χ4v) is 6.24. The van der Waals surface area contributed by atoms with E-state index in [1.165, 1.54) is 38.2 Å². The Morgan fingerprint density at radius 2 is 1.79 bits per heavy atom. The lowest BCUT2D eigenvalue weighted by atomic mass is 9.86. The zero-order valence-electron chi connectivity index (χ0n) is 24.1. The maximum Gasteiger partial charge on any atom is 0.131 e. The summed E-state index contributed by atoms with van der Waals surface area (Å²) in [7, 11) is 0. The number of allylic oxidation sites excluding steroid dienone is 5. The maximum absolute atomic E-state index is 14.7. The molecule has 42 heavy (non-hydrogen) atoms. The number of hydrogen-bond donors (Lipinski definition) is 3. The molecular weight excluding hydrogens is 519 g/mol. The van der Waals surface area contributed by atoms with Crippen LogP contribution >= 0.6 is 0 Å². The summed E-state index contributed by atoms with van der Waals surface area (Å²) >= 11 is 0. The van der Waals surface area contributed by atoms with Gasteiger partial charge in [0.05, 0.1) is 11.2 Å². The van der Waals surface area contributed by atoms with Crippen LogP contribution in [0.3, 0.4) is 0 Å². The van der Waals surface area contributed by atoms with Gasteiger partial charge in [-0.25, -0.2) is 4.39 Å². The first-order chi connectivity index (χ1) is 20.5. The molecule has 2 heterocycles. The van der Waals surface area contributed by atoms with E-state index in [9.17, 15) is 4.39 Å². The summed E-state index contributed by atoms with van der Waals surface area (Å²) < 4.78 is 14.7. The molecule has 4 nitrogen and oxygen atoms in total. The quantitative estimate of drug-likeness (QED) is 0.158. The molecule has 1 saturated carbocycles. The first-order valence-electron chi connectivity index (χ1n) is 14.8. The van der Waals surface area contributed by atoms with Gasteiger partial charge in [0.15, 0.2) is 0 Å². The number of fused-ring (bicyclic) bond motifs is 2. The van der Waals surface area contributed by atoms with E-state index in [-0.39, 0.29) is 5.82 Å². The molecule has 2 aromatic heterocycles. The van der Waals surface area contributed by atoms with Crippen LogP contribution in [0.2, 0.25) is 0 Å². The number of aromatic nitrogens is 3. The van der Waals surface area contributed by atoms with Gasteiger partial charge in [-0.3, -0.25) is 5.10 Å². The molecule has 1 aliphatic carbocycles. The van der Waals surface area contributed by atoms with Crippen LogP contribution in [0.15, 0.2) is 110 Å². The molecule has 5 aromatic rings. The van der Waals surface area contributed by atoms with Crippen LogP contribution < -0.4 is 5.32 Å². The van der Waals surface area contributed by atoms with E-state index in [0.29, 0.717) is 5.56 Å². The van der Waals surface area contributed by atoms with Crippen molar-refractivity contribution >= 4 is 27.4 Å². The molecule has 212 valence electrons. The van der Waals surface area contributed by atoms with Crippen molar-refractivity contribution in [3.05, 3.63) is 121 Å². The molecule has 3 N–H and O–H groups in total. The van der Waals surface area contributed by atoms with Crippen LogP contribution in [-0.2, 0) is 0 Å². The van der Waals surface area contributed by atoms with Gasteiger partial charge in [0.2, 0.25) is 0 Å². The van der Waals surface area contributed by atoms with E-state index in [1.807, 2.05) is 43.3 Å². The molecule has 0 bridgehead atoms. The van der Waals surface area contributed by atoms with Gasteiger partial charge < -0.3 is 10.3 Å². The van der Waals surface area contributed by atoms with Gasteiger partial charge in [0.1, 0.15) is 11.5 Å². The van der Waals surface area contributed by atoms with Crippen LogP contribution in [0.5, 0.6) is 0 Å². The van der Waals surface area contributed by atoms with Crippen molar-refractivity contribution in [3.8, 4) is 22.5 Å². The van der Waals surface area contributed by atoms with Gasteiger partial charge in [-0.05, 0) is 78.4 Å². The van der Waals surface area contributed by atoms with Crippen molar-refractivity contribution in [2.75, 3.05) is 0 Å². The average molecular weight is 557 g/mol. The summed E-state index contributed by atoms with van der Waals surface area (Å²) in [5.41, 5.74) is 9.16. The number of nitrogens with zero attached hydrogens (tertiary/aromatic N) is 1. The summed E-state index contributed by atoms with van der Waals surface area (Å²) in [6.45, 7) is 10.4. The van der Waals surface area contributed by atoms with Crippen molar-refractivity contribution in [1.82, 2.24) is 20.5 Å². The van der Waals surface area contributed by atoms with E-state index in [0.717, 1.165) is 73.6 Å². The minimum absolute atomic E-state index is 0.236. The number of benzene rings is 3. The topological polar surface area (TPSA) is 56.5 Å². The Labute approximate surface area is 246 Å². The SMILES string of the molecule is C=C/C(=C\C(=C/C)c1ccc2[nH]nc(-c3cc4c(-c5ccccc5F)cccc4[nH]3)c2c1)NC(=C)CC1CCCCC1. The minimum Gasteiger partial charge on any atom is -0.359 e. The number of H-pyrrole nitrogens is 2. The molecule has 1 aliphatic rings. The zero-order valence-corrected chi connectivity index (χ0v) is 24.1. The normalized spacial score (nSPS) is 14.9. The average Bonchev–Trinajstić information content (AvgIpc) is 3.64. The molecular formula is C37H37FN4. The second-order valence-corrected chi connectivity index (χ2v) is 11.2. The van der Waals surface area contributed by atoms with Crippen LogP contribution in [0.1, 0.15) is 51.0 Å². The third-order valence-electron chi connectivity index (χ3n) is 8.40. The third kappa shape index (κ3) is 5.60. The second-order valence-electron chi connectivity index (χ2n) is 11.2. The third-order valence-corrected chi connectivity index (χ3v) is 8.40. The highest BCUT2D eigenvalue weighted by Gasteiger charge is 2.17. The highest BCUT2D eigenvalue weighted by molar-refractivity contribution is 6.01. The standard InChI is InChI=1S/C37H37FN4/c1-4-26(21-28(5-2)39-24(3)20-25-12-7-6-8-13-25)27-18-19-35-32(22-27)37(42-41-35)36-23-31-29(15-11-17-34(31)40-36)30-14-9-10-16-33(30)38/h4-5,9-11,14-19,21-23,25,39-40H,2-3,6-8,12-13,20H2,1H3,(H,41,42)/b26-4+,28-21+. The molecule has 6 rings (SSSR count). The highest BCUT2D eigenvalue weighted by Crippen LogP contribution is 2.36. The lowest BCUT2D eigenvalue weighted by Crippen LogP contribution is -2.15. The fourth-order valence-electron chi connectivity index (χ4n) is 6.24. The van der Waals surface area contributed by atoms with E-state index < -0.39 is 0 Å². The predicted molar refractivity (Wildman–Crippen MR) is 174 cm³/mol. The number of aromatic amines is 2. The Morgan fingerprint density at radius 3 is 2.57 bits per heavy atom. The second kappa shape index (κ2) is 12.1. The Hall–Kier alpha value is -4.64. The van der Waals surface area contributed by atoms with E-state index in [2.05, 4.69) is 70.1 Å². The summed E-state index contributed by atoms with van der Waals surface area (Å²) in [5.74, 6) is 0.487. The predicted octanol–water partition coefficient (Wildman–Crippen LogP) is 10.1. The van der Waals surface area contributed by atoms with Crippen molar-refractivity contribution in [2.24, 2.45) is 5.92 Å². The van der Waals surface area contributed by atoms with Crippen molar-refractivity contribution in [3.63, 3.8) is 0 Å². The smallest absolute Gasteiger partial charge is 0.131 e.